The van der Waals surface area contributed by atoms with Gasteiger partial charge in [0, 0.05) is 10.5 Å². The Hall–Kier alpha value is -2.47. The fraction of sp³-hybridized carbons (Fsp3) is 0.364. The molecule has 0 fully saturated rings. The highest BCUT2D eigenvalue weighted by atomic mass is 32.2. The number of benzene rings is 2. The smallest absolute Gasteiger partial charge is 0.250 e. The molecule has 0 aromatic heterocycles. The van der Waals surface area contributed by atoms with Gasteiger partial charge in [0.25, 0.3) is 0 Å². The Morgan fingerprint density at radius 1 is 1.14 bits per heavy atom. The highest BCUT2D eigenvalue weighted by molar-refractivity contribution is 8.00. The largest absolute Gasteiger partial charge is 0.497 e. The van der Waals surface area contributed by atoms with Crippen molar-refractivity contribution in [2.45, 2.75) is 37.5 Å². The lowest BCUT2D eigenvalue weighted by molar-refractivity contribution is -0.118. The fourth-order valence-electron chi connectivity index (χ4n) is 2.47. The third kappa shape index (κ3) is 8.05. The van der Waals surface area contributed by atoms with Gasteiger partial charge in [-0.05, 0) is 36.8 Å². The van der Waals surface area contributed by atoms with Gasteiger partial charge in [-0.25, -0.2) is 5.43 Å². The molecule has 0 aliphatic carbocycles. The molecule has 0 saturated heterocycles. The maximum absolute atomic E-state index is 12.0. The van der Waals surface area contributed by atoms with Gasteiger partial charge in [-0.2, -0.15) is 5.10 Å². The molecule has 0 saturated carbocycles. The summed E-state index contributed by atoms with van der Waals surface area (Å²) < 4.78 is 11.2. The molecule has 0 atom stereocenters. The Balaban J connectivity index is 1.88. The number of unbranched alkanes of at least 4 members (excludes halogenated alkanes) is 3. The van der Waals surface area contributed by atoms with E-state index in [1.807, 2.05) is 48.5 Å². The summed E-state index contributed by atoms with van der Waals surface area (Å²) in [5.41, 5.74) is 3.33. The summed E-state index contributed by atoms with van der Waals surface area (Å²) >= 11 is 1.47. The van der Waals surface area contributed by atoms with E-state index in [0.29, 0.717) is 18.1 Å². The first kappa shape index (κ1) is 21.8. The van der Waals surface area contributed by atoms with Crippen LogP contribution in [0.5, 0.6) is 11.5 Å². The zero-order chi connectivity index (χ0) is 20.0. The summed E-state index contributed by atoms with van der Waals surface area (Å²) in [6.07, 6.45) is 6.18. The zero-order valence-electron chi connectivity index (χ0n) is 16.5. The lowest BCUT2D eigenvalue weighted by atomic mass is 10.2. The number of rotatable bonds is 12. The summed E-state index contributed by atoms with van der Waals surface area (Å²) in [4.78, 5) is 13.0. The number of methoxy groups -OCH3 is 1. The van der Waals surface area contributed by atoms with E-state index in [4.69, 9.17) is 9.47 Å². The van der Waals surface area contributed by atoms with E-state index in [1.165, 1.54) is 24.6 Å². The first-order chi connectivity index (χ1) is 13.7. The molecule has 150 valence electrons. The molecular formula is C22H28N2O3S. The summed E-state index contributed by atoms with van der Waals surface area (Å²) in [6, 6.07) is 15.4. The van der Waals surface area contributed by atoms with Crippen molar-refractivity contribution in [3.05, 3.63) is 54.1 Å². The molecule has 1 N–H and O–H groups in total. The van der Waals surface area contributed by atoms with Crippen LogP contribution in [-0.2, 0) is 4.79 Å². The summed E-state index contributed by atoms with van der Waals surface area (Å²) in [5.74, 6) is 1.59. The molecular weight excluding hydrogens is 372 g/mol. The maximum atomic E-state index is 12.0. The molecule has 0 radical (unpaired) electrons. The predicted octanol–water partition coefficient (Wildman–Crippen LogP) is 4.90. The van der Waals surface area contributed by atoms with Gasteiger partial charge >= 0.3 is 0 Å². The molecule has 0 unspecified atom stereocenters. The molecule has 0 aliphatic rings. The van der Waals surface area contributed by atoms with Crippen LogP contribution in [0, 0.1) is 0 Å². The molecule has 5 nitrogen and oxygen atoms in total. The van der Waals surface area contributed by atoms with E-state index in [-0.39, 0.29) is 5.91 Å². The van der Waals surface area contributed by atoms with Gasteiger partial charge in [-0.15, -0.1) is 11.8 Å². The second-order valence-corrected chi connectivity index (χ2v) is 7.26. The fourth-order valence-corrected chi connectivity index (χ4v) is 3.18. The molecule has 2 aromatic rings. The van der Waals surface area contributed by atoms with Gasteiger partial charge in [0.15, 0.2) is 0 Å². The van der Waals surface area contributed by atoms with Crippen LogP contribution in [0.2, 0.25) is 0 Å². The van der Waals surface area contributed by atoms with E-state index in [0.717, 1.165) is 29.1 Å². The minimum Gasteiger partial charge on any atom is -0.497 e. The number of carbonyl (C=O) groups is 1. The SMILES string of the molecule is CCCCCCOc1ccc(OC)cc1/C=N\NC(=O)CSc1ccccc1. The zero-order valence-corrected chi connectivity index (χ0v) is 17.3. The Morgan fingerprint density at radius 3 is 2.71 bits per heavy atom. The molecule has 0 aliphatic heterocycles. The van der Waals surface area contributed by atoms with E-state index in [9.17, 15) is 4.79 Å². The van der Waals surface area contributed by atoms with Crippen molar-refractivity contribution in [3.63, 3.8) is 0 Å². The normalized spacial score (nSPS) is 10.8. The monoisotopic (exact) mass is 400 g/mol. The summed E-state index contributed by atoms with van der Waals surface area (Å²) in [6.45, 7) is 2.85. The number of hydrogen-bond acceptors (Lipinski definition) is 5. The van der Waals surface area contributed by atoms with Gasteiger partial charge < -0.3 is 9.47 Å². The summed E-state index contributed by atoms with van der Waals surface area (Å²) in [7, 11) is 1.62. The first-order valence-electron chi connectivity index (χ1n) is 9.53. The van der Waals surface area contributed by atoms with E-state index < -0.39 is 0 Å². The third-order valence-corrected chi connectivity index (χ3v) is 4.99. The van der Waals surface area contributed by atoms with Gasteiger partial charge in [0.2, 0.25) is 5.91 Å². The molecule has 28 heavy (non-hydrogen) atoms. The van der Waals surface area contributed by atoms with Gasteiger partial charge in [0.05, 0.1) is 25.7 Å². The van der Waals surface area contributed by atoms with Crippen LogP contribution in [-0.4, -0.2) is 31.6 Å². The summed E-state index contributed by atoms with van der Waals surface area (Å²) in [5, 5.41) is 4.07. The van der Waals surface area contributed by atoms with Crippen molar-refractivity contribution in [1.29, 1.82) is 0 Å². The van der Waals surface area contributed by atoms with Crippen LogP contribution >= 0.6 is 11.8 Å². The van der Waals surface area contributed by atoms with Gasteiger partial charge in [-0.1, -0.05) is 44.4 Å². The minimum absolute atomic E-state index is 0.157. The maximum Gasteiger partial charge on any atom is 0.250 e. The van der Waals surface area contributed by atoms with Crippen molar-refractivity contribution in [3.8, 4) is 11.5 Å². The van der Waals surface area contributed by atoms with Crippen LogP contribution < -0.4 is 14.9 Å². The molecule has 6 heteroatoms. The van der Waals surface area contributed by atoms with Crippen molar-refractivity contribution in [1.82, 2.24) is 5.43 Å². The van der Waals surface area contributed by atoms with E-state index >= 15 is 0 Å². The average Bonchev–Trinajstić information content (AvgIpc) is 2.73. The van der Waals surface area contributed by atoms with Crippen LogP contribution in [0.3, 0.4) is 0 Å². The Bertz CT molecular complexity index is 751. The number of thioether (sulfide) groups is 1. The van der Waals surface area contributed by atoms with Crippen LogP contribution in [0.1, 0.15) is 38.2 Å². The number of nitrogens with one attached hydrogen (secondary N) is 1. The van der Waals surface area contributed by atoms with Crippen molar-refractivity contribution in [2.75, 3.05) is 19.5 Å². The van der Waals surface area contributed by atoms with Crippen LogP contribution in [0.15, 0.2) is 58.5 Å². The number of amides is 1. The van der Waals surface area contributed by atoms with Crippen LogP contribution in [0.4, 0.5) is 0 Å². The van der Waals surface area contributed by atoms with Crippen molar-refractivity contribution in [2.24, 2.45) is 5.10 Å². The van der Waals surface area contributed by atoms with E-state index in [2.05, 4.69) is 17.5 Å². The molecule has 1 amide bonds. The predicted molar refractivity (Wildman–Crippen MR) is 116 cm³/mol. The Labute approximate surface area is 171 Å². The second-order valence-electron chi connectivity index (χ2n) is 6.21. The number of nitrogens with zero attached hydrogens (tertiary/aromatic N) is 1. The van der Waals surface area contributed by atoms with Gasteiger partial charge in [-0.3, -0.25) is 4.79 Å². The quantitative estimate of drug-likeness (QED) is 0.238. The Kier molecular flexibility index (Phi) is 10.0. The number of hydrazone groups is 1. The van der Waals surface area contributed by atoms with Crippen molar-refractivity contribution < 1.29 is 14.3 Å². The second kappa shape index (κ2) is 12.8. The van der Waals surface area contributed by atoms with E-state index in [1.54, 1.807) is 13.3 Å². The highest BCUT2D eigenvalue weighted by Crippen LogP contribution is 2.23. The lowest BCUT2D eigenvalue weighted by Crippen LogP contribution is -2.19. The number of hydrogen-bond donors (Lipinski definition) is 1. The highest BCUT2D eigenvalue weighted by Gasteiger charge is 2.05. The standard InChI is InChI=1S/C22H28N2O3S/c1-3-4-5-9-14-27-21-13-12-19(26-2)15-18(21)16-23-24-22(25)17-28-20-10-7-6-8-11-20/h6-8,10-13,15-16H,3-5,9,14,17H2,1-2H3,(H,24,25)/b23-16-. The van der Waals surface area contributed by atoms with Crippen molar-refractivity contribution >= 4 is 23.9 Å². The third-order valence-electron chi connectivity index (χ3n) is 3.98. The first-order valence-corrected chi connectivity index (χ1v) is 10.5. The molecule has 0 spiro atoms. The Morgan fingerprint density at radius 2 is 1.96 bits per heavy atom. The minimum atomic E-state index is -0.157. The number of carbonyl (C=O) groups excluding carboxylic acids is 1. The molecule has 0 heterocycles. The topological polar surface area (TPSA) is 59.9 Å². The molecule has 0 bridgehead atoms. The van der Waals surface area contributed by atoms with Crippen LogP contribution in [0.25, 0.3) is 0 Å². The van der Waals surface area contributed by atoms with Gasteiger partial charge in [0.1, 0.15) is 11.5 Å². The lowest BCUT2D eigenvalue weighted by Gasteiger charge is -2.10. The molecule has 2 rings (SSSR count). The molecule has 2 aromatic carbocycles. The average molecular weight is 401 g/mol. The number of ether oxygens (including phenoxy) is 2.